The first-order valence-electron chi connectivity index (χ1n) is 6.26. The number of carbonyl (C=O) groups is 1. The predicted octanol–water partition coefficient (Wildman–Crippen LogP) is 5.10. The quantitative estimate of drug-likeness (QED) is 0.669. The summed E-state index contributed by atoms with van der Waals surface area (Å²) in [7, 11) is 0. The Morgan fingerprint density at radius 2 is 2.10 bits per heavy atom. The number of nitrogens with one attached hydrogen (secondary N) is 1. The zero-order chi connectivity index (χ0) is 15.0. The molecular formula is C15H11BrFNOS2. The number of hydrogen-bond donors (Lipinski definition) is 1. The Labute approximate surface area is 137 Å². The van der Waals surface area contributed by atoms with E-state index in [1.165, 1.54) is 17.4 Å². The Bertz CT molecular complexity index is 824. The molecule has 0 saturated heterocycles. The van der Waals surface area contributed by atoms with Crippen LogP contribution in [0.2, 0.25) is 0 Å². The van der Waals surface area contributed by atoms with Crippen molar-refractivity contribution in [2.24, 2.45) is 0 Å². The van der Waals surface area contributed by atoms with Crippen molar-refractivity contribution in [1.29, 1.82) is 0 Å². The molecule has 0 saturated carbocycles. The fourth-order valence-electron chi connectivity index (χ4n) is 2.16. The van der Waals surface area contributed by atoms with Crippen LogP contribution in [-0.4, -0.2) is 5.91 Å². The van der Waals surface area contributed by atoms with Crippen LogP contribution in [0.4, 0.5) is 4.39 Å². The SMILES string of the molecule is Cc1c(C(=O)NCc2ccc(Br)s2)sc2cccc(F)c12. The van der Waals surface area contributed by atoms with Crippen LogP contribution in [-0.2, 0) is 6.54 Å². The minimum atomic E-state index is -0.275. The smallest absolute Gasteiger partial charge is 0.261 e. The van der Waals surface area contributed by atoms with Crippen molar-refractivity contribution < 1.29 is 9.18 Å². The van der Waals surface area contributed by atoms with E-state index in [2.05, 4.69) is 21.2 Å². The van der Waals surface area contributed by atoms with Crippen molar-refractivity contribution in [3.05, 3.63) is 55.3 Å². The van der Waals surface area contributed by atoms with Crippen LogP contribution in [0.5, 0.6) is 0 Å². The minimum Gasteiger partial charge on any atom is -0.346 e. The molecule has 1 aromatic carbocycles. The fraction of sp³-hybridized carbons (Fsp3) is 0.133. The molecule has 0 fully saturated rings. The van der Waals surface area contributed by atoms with E-state index in [0.717, 1.165) is 13.4 Å². The number of amides is 1. The second-order valence-corrected chi connectivity index (χ2v) is 8.16. The molecule has 0 aliphatic rings. The topological polar surface area (TPSA) is 29.1 Å². The molecule has 21 heavy (non-hydrogen) atoms. The minimum absolute atomic E-state index is 0.155. The number of aryl methyl sites for hydroxylation is 1. The maximum Gasteiger partial charge on any atom is 0.261 e. The second-order valence-electron chi connectivity index (χ2n) is 4.56. The summed E-state index contributed by atoms with van der Waals surface area (Å²) in [5, 5.41) is 3.44. The van der Waals surface area contributed by atoms with Gasteiger partial charge >= 0.3 is 0 Å². The van der Waals surface area contributed by atoms with Crippen molar-refractivity contribution in [3.8, 4) is 0 Å². The van der Waals surface area contributed by atoms with Crippen LogP contribution < -0.4 is 5.32 Å². The summed E-state index contributed by atoms with van der Waals surface area (Å²) >= 11 is 6.30. The first-order chi connectivity index (χ1) is 10.1. The third-order valence-electron chi connectivity index (χ3n) is 3.16. The average Bonchev–Trinajstić information content (AvgIpc) is 3.01. The molecule has 0 radical (unpaired) electrons. The number of fused-ring (bicyclic) bond motifs is 1. The Kier molecular flexibility index (Phi) is 4.10. The van der Waals surface area contributed by atoms with E-state index in [1.54, 1.807) is 24.3 Å². The number of hydrogen-bond acceptors (Lipinski definition) is 3. The third kappa shape index (κ3) is 2.88. The van der Waals surface area contributed by atoms with E-state index >= 15 is 0 Å². The van der Waals surface area contributed by atoms with Gasteiger partial charge in [0, 0.05) is 15.0 Å². The molecule has 3 aromatic rings. The van der Waals surface area contributed by atoms with Gasteiger partial charge in [0.25, 0.3) is 5.91 Å². The molecule has 2 aromatic heterocycles. The molecule has 3 rings (SSSR count). The van der Waals surface area contributed by atoms with E-state index in [9.17, 15) is 9.18 Å². The van der Waals surface area contributed by atoms with Gasteiger partial charge < -0.3 is 5.32 Å². The van der Waals surface area contributed by atoms with Gasteiger partial charge in [-0.1, -0.05) is 6.07 Å². The summed E-state index contributed by atoms with van der Waals surface area (Å²) in [5.74, 6) is -0.430. The van der Waals surface area contributed by atoms with Crippen LogP contribution in [0, 0.1) is 12.7 Å². The first kappa shape index (κ1) is 14.7. The lowest BCUT2D eigenvalue weighted by atomic mass is 10.1. The van der Waals surface area contributed by atoms with Crippen molar-refractivity contribution in [2.45, 2.75) is 13.5 Å². The lowest BCUT2D eigenvalue weighted by molar-refractivity contribution is 0.0955. The van der Waals surface area contributed by atoms with Gasteiger partial charge in [-0.15, -0.1) is 22.7 Å². The van der Waals surface area contributed by atoms with Crippen LogP contribution in [0.25, 0.3) is 10.1 Å². The molecule has 2 nitrogen and oxygen atoms in total. The zero-order valence-electron chi connectivity index (χ0n) is 11.1. The molecule has 0 bridgehead atoms. The highest BCUT2D eigenvalue weighted by Crippen LogP contribution is 2.32. The summed E-state index contributed by atoms with van der Waals surface area (Å²) in [6.45, 7) is 2.27. The van der Waals surface area contributed by atoms with Crippen molar-refractivity contribution in [3.63, 3.8) is 0 Å². The first-order valence-corrected chi connectivity index (χ1v) is 8.69. The highest BCUT2D eigenvalue weighted by Gasteiger charge is 2.17. The van der Waals surface area contributed by atoms with Crippen LogP contribution in [0.3, 0.4) is 0 Å². The summed E-state index contributed by atoms with van der Waals surface area (Å²) in [6, 6.07) is 8.84. The molecule has 0 aliphatic carbocycles. The van der Waals surface area contributed by atoms with Crippen LogP contribution in [0.15, 0.2) is 34.1 Å². The van der Waals surface area contributed by atoms with Gasteiger partial charge in [-0.3, -0.25) is 4.79 Å². The molecule has 2 heterocycles. The standard InChI is InChI=1S/C15H11BrFNOS2/c1-8-13-10(17)3-2-4-11(13)21-14(8)15(19)18-7-9-5-6-12(16)20-9/h2-6H,7H2,1H3,(H,18,19). The van der Waals surface area contributed by atoms with E-state index in [-0.39, 0.29) is 11.7 Å². The molecule has 108 valence electrons. The normalized spacial score (nSPS) is 11.0. The molecule has 6 heteroatoms. The maximum absolute atomic E-state index is 13.8. The van der Waals surface area contributed by atoms with Gasteiger partial charge in [0.2, 0.25) is 0 Å². The molecule has 0 unspecified atom stereocenters. The van der Waals surface area contributed by atoms with Gasteiger partial charge in [-0.25, -0.2) is 4.39 Å². The lowest BCUT2D eigenvalue weighted by Crippen LogP contribution is -2.21. The highest BCUT2D eigenvalue weighted by molar-refractivity contribution is 9.11. The van der Waals surface area contributed by atoms with E-state index in [0.29, 0.717) is 22.4 Å². The third-order valence-corrected chi connectivity index (χ3v) is 6.04. The number of halogens is 2. The maximum atomic E-state index is 13.8. The van der Waals surface area contributed by atoms with Gasteiger partial charge in [-0.05, 0) is 52.7 Å². The summed E-state index contributed by atoms with van der Waals surface area (Å²) in [5.41, 5.74) is 0.706. The van der Waals surface area contributed by atoms with Crippen molar-refractivity contribution in [2.75, 3.05) is 0 Å². The number of benzene rings is 1. The highest BCUT2D eigenvalue weighted by atomic mass is 79.9. The Hall–Kier alpha value is -1.24. The summed E-state index contributed by atoms with van der Waals surface area (Å²) in [4.78, 5) is 13.9. The van der Waals surface area contributed by atoms with Crippen LogP contribution in [0.1, 0.15) is 20.1 Å². The molecule has 1 amide bonds. The molecule has 0 spiro atoms. The summed E-state index contributed by atoms with van der Waals surface area (Å²) < 4.78 is 15.7. The average molecular weight is 384 g/mol. The van der Waals surface area contributed by atoms with Gasteiger partial charge in [0.1, 0.15) is 5.82 Å². The number of carbonyl (C=O) groups excluding carboxylic acids is 1. The second kappa shape index (κ2) is 5.87. The molecule has 1 N–H and O–H groups in total. The van der Waals surface area contributed by atoms with E-state index in [1.807, 2.05) is 18.2 Å². The van der Waals surface area contributed by atoms with Gasteiger partial charge in [0.05, 0.1) is 15.2 Å². The monoisotopic (exact) mass is 383 g/mol. The lowest BCUT2D eigenvalue weighted by Gasteiger charge is -2.02. The van der Waals surface area contributed by atoms with Gasteiger partial charge in [-0.2, -0.15) is 0 Å². The number of rotatable bonds is 3. The van der Waals surface area contributed by atoms with Gasteiger partial charge in [0.15, 0.2) is 0 Å². The predicted molar refractivity (Wildman–Crippen MR) is 89.7 cm³/mol. The largest absolute Gasteiger partial charge is 0.346 e. The van der Waals surface area contributed by atoms with Crippen molar-refractivity contribution >= 4 is 54.6 Å². The van der Waals surface area contributed by atoms with Crippen molar-refractivity contribution in [1.82, 2.24) is 5.32 Å². The summed E-state index contributed by atoms with van der Waals surface area (Å²) in [6.07, 6.45) is 0. The van der Waals surface area contributed by atoms with Crippen LogP contribution >= 0.6 is 38.6 Å². The molecular weight excluding hydrogens is 373 g/mol. The molecule has 0 aliphatic heterocycles. The zero-order valence-corrected chi connectivity index (χ0v) is 14.3. The molecule has 0 atom stereocenters. The number of thiophene rings is 2. The Morgan fingerprint density at radius 1 is 1.29 bits per heavy atom. The van der Waals surface area contributed by atoms with E-state index < -0.39 is 0 Å². The Balaban J connectivity index is 1.84. The Morgan fingerprint density at radius 3 is 2.76 bits per heavy atom. The fourth-order valence-corrected chi connectivity index (χ4v) is 4.73. The van der Waals surface area contributed by atoms with E-state index in [4.69, 9.17) is 0 Å².